The van der Waals surface area contributed by atoms with E-state index in [2.05, 4.69) is 25.9 Å². The Morgan fingerprint density at radius 2 is 1.74 bits per heavy atom. The molecule has 2 aromatic carbocycles. The molecule has 3 rings (SSSR count). The fraction of sp³-hybridized carbons (Fsp3) is 0.250. The summed E-state index contributed by atoms with van der Waals surface area (Å²) in [4.78, 5) is 32.7. The molecule has 11 heteroatoms. The molecule has 0 spiro atoms. The predicted octanol–water partition coefficient (Wildman–Crippen LogP) is 4.96. The van der Waals surface area contributed by atoms with Crippen LogP contribution in [-0.4, -0.2) is 35.1 Å². The summed E-state index contributed by atoms with van der Waals surface area (Å²) in [7, 11) is 0. The third-order valence-corrected chi connectivity index (χ3v) is 5.09. The first-order valence-electron chi connectivity index (χ1n) is 10.4. The molecule has 0 aliphatic rings. The van der Waals surface area contributed by atoms with Crippen molar-refractivity contribution in [2.45, 2.75) is 26.8 Å². The SMILES string of the molecule is C.Cc1cnc(NC(=O)Nc2cc(Cl)ccc2OCCCNC(=O)C(N)c2ccc(Cl)cc2)cn1. The first-order valence-corrected chi connectivity index (χ1v) is 11.1. The number of anilines is 2. The van der Waals surface area contributed by atoms with E-state index in [0.717, 1.165) is 5.69 Å². The normalized spacial score (nSPS) is 11.1. The third kappa shape index (κ3) is 8.71. The van der Waals surface area contributed by atoms with Gasteiger partial charge in [0.1, 0.15) is 11.8 Å². The van der Waals surface area contributed by atoms with Gasteiger partial charge < -0.3 is 21.1 Å². The van der Waals surface area contributed by atoms with Gasteiger partial charge >= 0.3 is 6.03 Å². The van der Waals surface area contributed by atoms with Crippen molar-refractivity contribution >= 4 is 46.6 Å². The molecule has 1 unspecified atom stereocenters. The number of amides is 3. The number of nitrogens with one attached hydrogen (secondary N) is 3. The van der Waals surface area contributed by atoms with E-state index >= 15 is 0 Å². The molecule has 3 aromatic rings. The van der Waals surface area contributed by atoms with E-state index in [1.807, 2.05) is 0 Å². The van der Waals surface area contributed by atoms with Gasteiger partial charge in [-0.15, -0.1) is 0 Å². The van der Waals surface area contributed by atoms with E-state index in [0.29, 0.717) is 45.8 Å². The van der Waals surface area contributed by atoms with Gasteiger partial charge in [0.2, 0.25) is 5.91 Å². The molecule has 1 heterocycles. The van der Waals surface area contributed by atoms with Crippen molar-refractivity contribution < 1.29 is 14.3 Å². The van der Waals surface area contributed by atoms with Crippen LogP contribution >= 0.6 is 23.2 Å². The van der Waals surface area contributed by atoms with Gasteiger partial charge in [-0.1, -0.05) is 42.8 Å². The lowest BCUT2D eigenvalue weighted by molar-refractivity contribution is -0.122. The fourth-order valence-electron chi connectivity index (χ4n) is 2.85. The van der Waals surface area contributed by atoms with E-state index in [1.54, 1.807) is 55.6 Å². The Morgan fingerprint density at radius 3 is 2.43 bits per heavy atom. The van der Waals surface area contributed by atoms with Gasteiger partial charge in [0.05, 0.1) is 30.4 Å². The molecule has 1 aromatic heterocycles. The second-order valence-electron chi connectivity index (χ2n) is 7.28. The highest BCUT2D eigenvalue weighted by molar-refractivity contribution is 6.31. The summed E-state index contributed by atoms with van der Waals surface area (Å²) in [5.41, 5.74) is 7.78. The molecular weight excluding hydrogens is 491 g/mol. The number of aromatic nitrogens is 2. The lowest BCUT2D eigenvalue weighted by Crippen LogP contribution is -2.35. The summed E-state index contributed by atoms with van der Waals surface area (Å²) in [6.07, 6.45) is 3.52. The maximum atomic E-state index is 12.3. The highest BCUT2D eigenvalue weighted by Gasteiger charge is 2.15. The second-order valence-corrected chi connectivity index (χ2v) is 8.16. The third-order valence-electron chi connectivity index (χ3n) is 4.60. The number of ether oxygens (including phenoxy) is 1. The summed E-state index contributed by atoms with van der Waals surface area (Å²) in [6.45, 7) is 2.45. The number of benzene rings is 2. The minimum absolute atomic E-state index is 0. The van der Waals surface area contributed by atoms with Gasteiger partial charge in [0, 0.05) is 16.6 Å². The predicted molar refractivity (Wildman–Crippen MR) is 139 cm³/mol. The molecule has 0 aliphatic carbocycles. The Hall–Kier alpha value is -3.40. The van der Waals surface area contributed by atoms with Crippen LogP contribution in [0.5, 0.6) is 5.75 Å². The zero-order valence-corrected chi connectivity index (χ0v) is 19.9. The average molecular weight is 519 g/mol. The Labute approximate surface area is 214 Å². The monoisotopic (exact) mass is 518 g/mol. The zero-order chi connectivity index (χ0) is 24.5. The maximum Gasteiger partial charge on any atom is 0.325 e. The molecule has 0 saturated carbocycles. The fourth-order valence-corrected chi connectivity index (χ4v) is 3.15. The molecule has 35 heavy (non-hydrogen) atoms. The maximum absolute atomic E-state index is 12.3. The number of carbonyl (C=O) groups excluding carboxylic acids is 2. The minimum atomic E-state index is -0.790. The number of hydrogen-bond acceptors (Lipinski definition) is 6. The van der Waals surface area contributed by atoms with Crippen LogP contribution < -0.4 is 26.4 Å². The average Bonchev–Trinajstić information content (AvgIpc) is 2.81. The van der Waals surface area contributed by atoms with Crippen LogP contribution in [0.4, 0.5) is 16.3 Å². The molecule has 3 amide bonds. The van der Waals surface area contributed by atoms with Gasteiger partial charge in [0.15, 0.2) is 5.82 Å². The number of urea groups is 1. The van der Waals surface area contributed by atoms with E-state index in [9.17, 15) is 9.59 Å². The van der Waals surface area contributed by atoms with Crippen molar-refractivity contribution in [1.29, 1.82) is 0 Å². The van der Waals surface area contributed by atoms with E-state index in [1.165, 1.54) is 6.20 Å². The van der Waals surface area contributed by atoms with Crippen molar-refractivity contribution in [3.63, 3.8) is 0 Å². The molecular formula is C24H28Cl2N6O3. The highest BCUT2D eigenvalue weighted by Crippen LogP contribution is 2.28. The van der Waals surface area contributed by atoms with Crippen LogP contribution in [0.15, 0.2) is 54.9 Å². The Kier molecular flexibility index (Phi) is 10.7. The van der Waals surface area contributed by atoms with Gasteiger partial charge in [-0.05, 0) is 49.2 Å². The van der Waals surface area contributed by atoms with E-state index in [-0.39, 0.29) is 19.9 Å². The zero-order valence-electron chi connectivity index (χ0n) is 18.3. The largest absolute Gasteiger partial charge is 0.491 e. The molecule has 186 valence electrons. The minimum Gasteiger partial charge on any atom is -0.491 e. The number of carbonyl (C=O) groups is 2. The van der Waals surface area contributed by atoms with Crippen LogP contribution in [-0.2, 0) is 4.79 Å². The summed E-state index contributed by atoms with van der Waals surface area (Å²) in [6, 6.07) is 10.4. The van der Waals surface area contributed by atoms with E-state index in [4.69, 9.17) is 33.7 Å². The molecule has 9 nitrogen and oxygen atoms in total. The number of hydrogen-bond donors (Lipinski definition) is 4. The smallest absolute Gasteiger partial charge is 0.325 e. The van der Waals surface area contributed by atoms with E-state index < -0.39 is 12.1 Å². The molecule has 0 saturated heterocycles. The van der Waals surface area contributed by atoms with Crippen molar-refractivity contribution in [2.24, 2.45) is 5.73 Å². The Balaban J connectivity index is 0.00000432. The first-order chi connectivity index (χ1) is 16.3. The summed E-state index contributed by atoms with van der Waals surface area (Å²) >= 11 is 11.9. The molecule has 0 fully saturated rings. The molecule has 0 bridgehead atoms. The van der Waals surface area contributed by atoms with Crippen molar-refractivity contribution in [3.05, 3.63) is 76.2 Å². The molecule has 0 aliphatic heterocycles. The lowest BCUT2D eigenvalue weighted by atomic mass is 10.1. The quantitative estimate of drug-likeness (QED) is 0.296. The van der Waals surface area contributed by atoms with Crippen LogP contribution in [0.2, 0.25) is 10.0 Å². The van der Waals surface area contributed by atoms with Crippen LogP contribution in [0.3, 0.4) is 0 Å². The summed E-state index contributed by atoms with van der Waals surface area (Å²) in [5, 5.41) is 9.06. The van der Waals surface area contributed by atoms with Crippen molar-refractivity contribution in [1.82, 2.24) is 15.3 Å². The van der Waals surface area contributed by atoms with Crippen LogP contribution in [0.25, 0.3) is 0 Å². The van der Waals surface area contributed by atoms with Crippen molar-refractivity contribution in [3.8, 4) is 5.75 Å². The molecule has 5 N–H and O–H groups in total. The molecule has 0 radical (unpaired) electrons. The second kappa shape index (κ2) is 13.5. The number of aryl methyl sites for hydroxylation is 1. The van der Waals surface area contributed by atoms with Gasteiger partial charge in [0.25, 0.3) is 0 Å². The molecule has 1 atom stereocenters. The number of nitrogens with two attached hydrogens (primary N) is 1. The number of rotatable bonds is 9. The topological polar surface area (TPSA) is 131 Å². The van der Waals surface area contributed by atoms with Crippen LogP contribution in [0.1, 0.15) is 31.1 Å². The van der Waals surface area contributed by atoms with Gasteiger partial charge in [-0.3, -0.25) is 15.1 Å². The summed E-state index contributed by atoms with van der Waals surface area (Å²) < 4.78 is 5.77. The first kappa shape index (κ1) is 27.8. The lowest BCUT2D eigenvalue weighted by Gasteiger charge is -2.15. The van der Waals surface area contributed by atoms with Crippen molar-refractivity contribution in [2.75, 3.05) is 23.8 Å². The van der Waals surface area contributed by atoms with Crippen LogP contribution in [0, 0.1) is 6.92 Å². The van der Waals surface area contributed by atoms with Gasteiger partial charge in [-0.25, -0.2) is 9.78 Å². The number of halogens is 2. The van der Waals surface area contributed by atoms with Gasteiger partial charge in [-0.2, -0.15) is 0 Å². The standard InChI is InChI=1S/C23H24Cl2N6O3.CH4/c1-14-12-29-20(13-28-14)31-23(33)30-18-11-17(25)7-8-19(18)34-10-2-9-27-22(32)21(26)15-3-5-16(24)6-4-15;/h3-8,11-13,21H,2,9-10,26H2,1H3,(H,27,32)(H2,29,30,31,33);1H4. The Bertz CT molecular complexity index is 1130. The summed E-state index contributed by atoms with van der Waals surface area (Å²) in [5.74, 6) is 0.436. The highest BCUT2D eigenvalue weighted by atomic mass is 35.5. The Morgan fingerprint density at radius 1 is 1.03 bits per heavy atom. The number of nitrogens with zero attached hydrogens (tertiary/aromatic N) is 2.